The van der Waals surface area contributed by atoms with Crippen molar-refractivity contribution in [1.82, 2.24) is 4.98 Å². The molecule has 18 heavy (non-hydrogen) atoms. The fourth-order valence-corrected chi connectivity index (χ4v) is 2.26. The quantitative estimate of drug-likeness (QED) is 0.879. The topological polar surface area (TPSA) is 71.5 Å². The van der Waals surface area contributed by atoms with E-state index in [4.69, 9.17) is 21.4 Å². The van der Waals surface area contributed by atoms with Crippen LogP contribution in [-0.2, 0) is 4.74 Å². The van der Waals surface area contributed by atoms with E-state index in [0.717, 1.165) is 19.4 Å². The Morgan fingerprint density at radius 3 is 3.11 bits per heavy atom. The number of nitrogens with zero attached hydrogens (tertiary/aromatic N) is 1. The monoisotopic (exact) mass is 270 g/mol. The van der Waals surface area contributed by atoms with Crippen LogP contribution in [0.25, 0.3) is 0 Å². The molecule has 0 bridgehead atoms. The Bertz CT molecular complexity index is 447. The van der Waals surface area contributed by atoms with E-state index >= 15 is 0 Å². The molecule has 0 saturated carbocycles. The molecule has 1 aliphatic rings. The third-order valence-corrected chi connectivity index (χ3v) is 3.39. The number of carboxylic acids is 1. The number of anilines is 1. The number of aromatic carboxylic acids is 1. The third-order valence-electron chi connectivity index (χ3n) is 3.01. The van der Waals surface area contributed by atoms with Gasteiger partial charge in [-0.25, -0.2) is 9.78 Å². The highest BCUT2D eigenvalue weighted by atomic mass is 35.5. The minimum atomic E-state index is -1.06. The van der Waals surface area contributed by atoms with Gasteiger partial charge in [0.25, 0.3) is 0 Å². The van der Waals surface area contributed by atoms with Gasteiger partial charge in [0.05, 0.1) is 22.7 Å². The van der Waals surface area contributed by atoms with E-state index in [-0.39, 0.29) is 22.7 Å². The molecular formula is C12H15ClN2O3. The summed E-state index contributed by atoms with van der Waals surface area (Å²) in [7, 11) is 0. The van der Waals surface area contributed by atoms with Crippen LogP contribution in [0.5, 0.6) is 0 Å². The van der Waals surface area contributed by atoms with Gasteiger partial charge in [-0.05, 0) is 25.8 Å². The lowest BCUT2D eigenvalue weighted by Crippen LogP contribution is -2.30. The Morgan fingerprint density at radius 1 is 1.72 bits per heavy atom. The van der Waals surface area contributed by atoms with Gasteiger partial charge in [0.2, 0.25) is 0 Å². The zero-order valence-electron chi connectivity index (χ0n) is 10.0. The minimum absolute atomic E-state index is 0.0431. The summed E-state index contributed by atoms with van der Waals surface area (Å²) in [6.45, 7) is 2.74. The molecule has 2 unspecified atom stereocenters. The highest BCUT2D eigenvalue weighted by Crippen LogP contribution is 2.26. The average Bonchev–Trinajstić information content (AvgIpc) is 2.85. The molecule has 98 valence electrons. The molecule has 1 saturated heterocycles. The van der Waals surface area contributed by atoms with Crippen LogP contribution in [0, 0.1) is 0 Å². The van der Waals surface area contributed by atoms with Crippen LogP contribution in [-0.4, -0.2) is 34.8 Å². The van der Waals surface area contributed by atoms with Crippen molar-refractivity contribution in [2.45, 2.75) is 31.9 Å². The van der Waals surface area contributed by atoms with Gasteiger partial charge in [0.15, 0.2) is 0 Å². The largest absolute Gasteiger partial charge is 0.478 e. The first-order chi connectivity index (χ1) is 8.59. The summed E-state index contributed by atoms with van der Waals surface area (Å²) in [4.78, 5) is 15.0. The lowest BCUT2D eigenvalue weighted by Gasteiger charge is -2.21. The maximum Gasteiger partial charge on any atom is 0.337 e. The first kappa shape index (κ1) is 13.1. The van der Waals surface area contributed by atoms with Crippen LogP contribution in [0.3, 0.4) is 0 Å². The highest BCUT2D eigenvalue weighted by Gasteiger charge is 2.24. The second-order valence-electron chi connectivity index (χ2n) is 4.31. The van der Waals surface area contributed by atoms with Crippen LogP contribution in [0.4, 0.5) is 5.82 Å². The number of hydrogen-bond acceptors (Lipinski definition) is 4. The molecule has 2 rings (SSSR count). The van der Waals surface area contributed by atoms with Crippen molar-refractivity contribution in [1.29, 1.82) is 0 Å². The van der Waals surface area contributed by atoms with Crippen LogP contribution >= 0.6 is 11.6 Å². The molecular weight excluding hydrogens is 256 g/mol. The van der Waals surface area contributed by atoms with Crippen LogP contribution in [0.15, 0.2) is 12.3 Å². The normalized spacial score (nSPS) is 20.7. The molecule has 2 heterocycles. The van der Waals surface area contributed by atoms with E-state index in [2.05, 4.69) is 10.3 Å². The number of nitrogens with one attached hydrogen (secondary N) is 1. The van der Waals surface area contributed by atoms with Crippen molar-refractivity contribution in [3.63, 3.8) is 0 Å². The van der Waals surface area contributed by atoms with Gasteiger partial charge in [0, 0.05) is 12.8 Å². The average molecular weight is 271 g/mol. The zero-order chi connectivity index (χ0) is 13.1. The molecule has 5 nitrogen and oxygen atoms in total. The molecule has 1 aromatic rings. The number of carboxylic acid groups (broad SMARTS) is 1. The predicted molar refractivity (Wildman–Crippen MR) is 68.3 cm³/mol. The Labute approximate surface area is 110 Å². The van der Waals surface area contributed by atoms with Crippen LogP contribution < -0.4 is 5.32 Å². The summed E-state index contributed by atoms with van der Waals surface area (Å²) in [6.07, 6.45) is 3.59. The van der Waals surface area contributed by atoms with Gasteiger partial charge in [-0.15, -0.1) is 0 Å². The Morgan fingerprint density at radius 2 is 2.50 bits per heavy atom. The molecule has 0 aromatic carbocycles. The fourth-order valence-electron chi connectivity index (χ4n) is 2.02. The van der Waals surface area contributed by atoms with Gasteiger partial charge < -0.3 is 15.2 Å². The number of pyridine rings is 1. The lowest BCUT2D eigenvalue weighted by atomic mass is 10.1. The van der Waals surface area contributed by atoms with E-state index in [1.165, 1.54) is 12.3 Å². The van der Waals surface area contributed by atoms with Gasteiger partial charge in [0.1, 0.15) is 5.82 Å². The van der Waals surface area contributed by atoms with Crippen molar-refractivity contribution < 1.29 is 14.6 Å². The number of ether oxygens (including phenoxy) is 1. The summed E-state index contributed by atoms with van der Waals surface area (Å²) in [6, 6.07) is 1.42. The zero-order valence-corrected chi connectivity index (χ0v) is 10.8. The highest BCUT2D eigenvalue weighted by molar-refractivity contribution is 6.35. The Kier molecular flexibility index (Phi) is 4.04. The first-order valence-electron chi connectivity index (χ1n) is 5.85. The number of hydrogen-bond donors (Lipinski definition) is 2. The number of halogens is 1. The number of aromatic nitrogens is 1. The first-order valence-corrected chi connectivity index (χ1v) is 6.23. The van der Waals surface area contributed by atoms with E-state index in [1.807, 2.05) is 6.92 Å². The molecule has 0 amide bonds. The fraction of sp³-hybridized carbons (Fsp3) is 0.500. The van der Waals surface area contributed by atoms with Crippen molar-refractivity contribution >= 4 is 23.4 Å². The van der Waals surface area contributed by atoms with Crippen LogP contribution in [0.2, 0.25) is 5.02 Å². The maximum atomic E-state index is 11.0. The molecule has 1 aromatic heterocycles. The SMILES string of the molecule is CC(Nc1nccc(C(=O)O)c1Cl)C1CCCO1. The molecule has 0 aliphatic carbocycles. The number of carbonyl (C=O) groups is 1. The molecule has 0 spiro atoms. The summed E-state index contributed by atoms with van der Waals surface area (Å²) < 4.78 is 5.55. The van der Waals surface area contributed by atoms with E-state index in [9.17, 15) is 4.79 Å². The summed E-state index contributed by atoms with van der Waals surface area (Å²) in [5.41, 5.74) is 0.0497. The second kappa shape index (κ2) is 5.54. The molecule has 1 fully saturated rings. The van der Waals surface area contributed by atoms with E-state index in [0.29, 0.717) is 5.82 Å². The van der Waals surface area contributed by atoms with Gasteiger partial charge in [-0.2, -0.15) is 0 Å². The van der Waals surface area contributed by atoms with E-state index in [1.54, 1.807) is 0 Å². The van der Waals surface area contributed by atoms with E-state index < -0.39 is 5.97 Å². The van der Waals surface area contributed by atoms with Crippen molar-refractivity contribution in [3.05, 3.63) is 22.8 Å². The molecule has 0 radical (unpaired) electrons. The Hall–Kier alpha value is -1.33. The number of rotatable bonds is 4. The molecule has 2 N–H and O–H groups in total. The maximum absolute atomic E-state index is 11.0. The predicted octanol–water partition coefficient (Wildman–Crippen LogP) is 2.41. The smallest absolute Gasteiger partial charge is 0.337 e. The third kappa shape index (κ3) is 2.73. The van der Waals surface area contributed by atoms with Gasteiger partial charge in [-0.1, -0.05) is 11.6 Å². The van der Waals surface area contributed by atoms with Gasteiger partial charge in [-0.3, -0.25) is 0 Å². The van der Waals surface area contributed by atoms with Crippen molar-refractivity contribution in [3.8, 4) is 0 Å². The molecule has 1 aliphatic heterocycles. The van der Waals surface area contributed by atoms with Gasteiger partial charge >= 0.3 is 5.97 Å². The summed E-state index contributed by atoms with van der Waals surface area (Å²) in [5.74, 6) is -0.671. The van der Waals surface area contributed by atoms with Crippen molar-refractivity contribution in [2.24, 2.45) is 0 Å². The standard InChI is InChI=1S/C12H15ClN2O3/c1-7(9-3-2-6-18-9)15-11-10(13)8(12(16)17)4-5-14-11/h4-5,7,9H,2-3,6H2,1H3,(H,14,15)(H,16,17). The minimum Gasteiger partial charge on any atom is -0.478 e. The Balaban J connectivity index is 2.13. The molecule has 2 atom stereocenters. The second-order valence-corrected chi connectivity index (χ2v) is 4.69. The van der Waals surface area contributed by atoms with Crippen molar-refractivity contribution in [2.75, 3.05) is 11.9 Å². The lowest BCUT2D eigenvalue weighted by molar-refractivity contribution is 0.0697. The summed E-state index contributed by atoms with van der Waals surface area (Å²) >= 11 is 6.01. The summed E-state index contributed by atoms with van der Waals surface area (Å²) in [5, 5.41) is 12.2. The molecule has 6 heteroatoms. The van der Waals surface area contributed by atoms with Crippen LogP contribution in [0.1, 0.15) is 30.1 Å².